The van der Waals surface area contributed by atoms with Crippen molar-refractivity contribution in [3.63, 3.8) is 0 Å². The maximum atomic E-state index is 12.3. The molecular weight excluding hydrogens is 342 g/mol. The zero-order chi connectivity index (χ0) is 14.7. The second-order valence-corrected chi connectivity index (χ2v) is 5.49. The average molecular weight is 355 g/mol. The third kappa shape index (κ3) is 3.49. The summed E-state index contributed by atoms with van der Waals surface area (Å²) < 4.78 is 0.824. The maximum absolute atomic E-state index is 12.3. The summed E-state index contributed by atoms with van der Waals surface area (Å²) in [5, 5.41) is 5.98. The molecule has 0 aliphatic rings. The molecule has 0 aliphatic carbocycles. The van der Waals surface area contributed by atoms with Gasteiger partial charge in [-0.05, 0) is 52.7 Å². The van der Waals surface area contributed by atoms with Crippen molar-refractivity contribution in [3.05, 3.63) is 51.1 Å². The molecule has 1 aromatic heterocycles. The number of anilines is 2. The van der Waals surface area contributed by atoms with Crippen molar-refractivity contribution in [2.24, 2.45) is 0 Å². The van der Waals surface area contributed by atoms with Crippen LogP contribution in [0.15, 0.2) is 34.8 Å². The number of nitrogens with one attached hydrogen (secondary N) is 2. The Bertz CT molecular complexity index is 661. The lowest BCUT2D eigenvalue weighted by Gasteiger charge is -2.09. The third-order valence-corrected chi connectivity index (χ3v) is 3.57. The number of nitrogens with zero attached hydrogens (tertiary/aromatic N) is 1. The fourth-order valence-corrected chi connectivity index (χ4v) is 2.24. The molecule has 104 valence electrons. The first-order valence-corrected chi connectivity index (χ1v) is 7.09. The highest BCUT2D eigenvalue weighted by molar-refractivity contribution is 9.10. The summed E-state index contributed by atoms with van der Waals surface area (Å²) in [4.78, 5) is 16.3. The number of aromatic nitrogens is 1. The number of hydrogen-bond donors (Lipinski definition) is 2. The molecule has 0 saturated heterocycles. The van der Waals surface area contributed by atoms with Crippen molar-refractivity contribution >= 4 is 44.9 Å². The van der Waals surface area contributed by atoms with Crippen molar-refractivity contribution in [3.8, 4) is 0 Å². The first-order valence-electron chi connectivity index (χ1n) is 5.92. The van der Waals surface area contributed by atoms with Crippen LogP contribution >= 0.6 is 27.5 Å². The van der Waals surface area contributed by atoms with Crippen LogP contribution < -0.4 is 10.6 Å². The molecule has 1 amide bonds. The van der Waals surface area contributed by atoms with Crippen LogP contribution in [0, 0.1) is 6.92 Å². The average Bonchev–Trinajstić information content (AvgIpc) is 2.42. The van der Waals surface area contributed by atoms with Crippen LogP contribution in [-0.4, -0.2) is 17.9 Å². The number of pyridine rings is 1. The molecule has 0 bridgehead atoms. The van der Waals surface area contributed by atoms with Crippen LogP contribution in [-0.2, 0) is 0 Å². The van der Waals surface area contributed by atoms with Crippen molar-refractivity contribution in [2.75, 3.05) is 17.7 Å². The summed E-state index contributed by atoms with van der Waals surface area (Å²) in [7, 11) is 1.72. The molecular formula is C14H13BrClN3O. The first-order chi connectivity index (χ1) is 9.49. The zero-order valence-electron chi connectivity index (χ0n) is 11.0. The van der Waals surface area contributed by atoms with E-state index >= 15 is 0 Å². The number of carbonyl (C=O) groups excluding carboxylic acids is 1. The van der Waals surface area contributed by atoms with Gasteiger partial charge in [-0.25, -0.2) is 4.98 Å². The van der Waals surface area contributed by atoms with E-state index < -0.39 is 0 Å². The summed E-state index contributed by atoms with van der Waals surface area (Å²) in [5.74, 6) is 0.308. The highest BCUT2D eigenvalue weighted by Gasteiger charge is 2.11. The van der Waals surface area contributed by atoms with Gasteiger partial charge in [0.15, 0.2) is 0 Å². The predicted octanol–water partition coefficient (Wildman–Crippen LogP) is 4.10. The Hall–Kier alpha value is -1.59. The molecule has 6 heteroatoms. The Labute approximate surface area is 130 Å². The highest BCUT2D eigenvalue weighted by atomic mass is 79.9. The standard InChI is InChI=1S/C14H13BrClN3O/c1-8-3-4-10(15)11(5-8)18-14(20)9-6-12(16)19-13(7-9)17-2/h3-7H,1-2H3,(H,17,19)(H,18,20). The molecule has 2 aromatic rings. The number of benzene rings is 1. The Morgan fingerprint density at radius 3 is 2.75 bits per heavy atom. The quantitative estimate of drug-likeness (QED) is 0.816. The lowest BCUT2D eigenvalue weighted by atomic mass is 10.2. The van der Waals surface area contributed by atoms with Gasteiger partial charge in [0, 0.05) is 17.1 Å². The van der Waals surface area contributed by atoms with E-state index in [1.807, 2.05) is 25.1 Å². The summed E-state index contributed by atoms with van der Waals surface area (Å²) in [6.07, 6.45) is 0. The summed E-state index contributed by atoms with van der Waals surface area (Å²) in [6.45, 7) is 1.96. The van der Waals surface area contributed by atoms with Gasteiger partial charge in [0.1, 0.15) is 11.0 Å². The highest BCUT2D eigenvalue weighted by Crippen LogP contribution is 2.24. The van der Waals surface area contributed by atoms with E-state index in [0.717, 1.165) is 10.0 Å². The van der Waals surface area contributed by atoms with Gasteiger partial charge < -0.3 is 10.6 Å². The predicted molar refractivity (Wildman–Crippen MR) is 85.6 cm³/mol. The second-order valence-electron chi connectivity index (χ2n) is 4.25. The van der Waals surface area contributed by atoms with E-state index in [1.165, 1.54) is 6.07 Å². The van der Waals surface area contributed by atoms with Crippen LogP contribution in [0.2, 0.25) is 5.15 Å². The maximum Gasteiger partial charge on any atom is 0.255 e. The molecule has 4 nitrogen and oxygen atoms in total. The summed E-state index contributed by atoms with van der Waals surface area (Å²) in [6, 6.07) is 8.92. The lowest BCUT2D eigenvalue weighted by molar-refractivity contribution is 0.102. The van der Waals surface area contributed by atoms with Gasteiger partial charge in [-0.1, -0.05) is 17.7 Å². The van der Waals surface area contributed by atoms with Crippen molar-refractivity contribution in [2.45, 2.75) is 6.92 Å². The minimum atomic E-state index is -0.239. The molecule has 2 N–H and O–H groups in total. The number of hydrogen-bond acceptors (Lipinski definition) is 3. The minimum Gasteiger partial charge on any atom is -0.373 e. The van der Waals surface area contributed by atoms with Crippen LogP contribution in [0.1, 0.15) is 15.9 Å². The minimum absolute atomic E-state index is 0.239. The van der Waals surface area contributed by atoms with Crippen LogP contribution in [0.3, 0.4) is 0 Å². The van der Waals surface area contributed by atoms with Gasteiger partial charge in [-0.2, -0.15) is 0 Å². The lowest BCUT2D eigenvalue weighted by Crippen LogP contribution is -2.13. The van der Waals surface area contributed by atoms with E-state index in [2.05, 4.69) is 31.5 Å². The Kier molecular flexibility index (Phi) is 4.62. The molecule has 0 aliphatic heterocycles. The van der Waals surface area contributed by atoms with Gasteiger partial charge in [0.2, 0.25) is 0 Å². The Balaban J connectivity index is 2.28. The molecule has 0 unspecified atom stereocenters. The summed E-state index contributed by atoms with van der Waals surface area (Å²) in [5.41, 5.74) is 2.23. The third-order valence-electron chi connectivity index (χ3n) is 2.68. The van der Waals surface area contributed by atoms with Gasteiger partial charge in [-0.3, -0.25) is 4.79 Å². The molecule has 1 aromatic carbocycles. The SMILES string of the molecule is CNc1cc(C(=O)Nc2cc(C)ccc2Br)cc(Cl)n1. The molecule has 2 rings (SSSR count). The fourth-order valence-electron chi connectivity index (χ4n) is 1.69. The number of halogens is 2. The van der Waals surface area contributed by atoms with Gasteiger partial charge in [-0.15, -0.1) is 0 Å². The van der Waals surface area contributed by atoms with Gasteiger partial charge in [0.25, 0.3) is 5.91 Å². The molecule has 0 fully saturated rings. The zero-order valence-corrected chi connectivity index (χ0v) is 13.3. The second kappa shape index (κ2) is 6.24. The van der Waals surface area contributed by atoms with Gasteiger partial charge >= 0.3 is 0 Å². The Morgan fingerprint density at radius 1 is 1.30 bits per heavy atom. The van der Waals surface area contributed by atoms with Gasteiger partial charge in [0.05, 0.1) is 5.69 Å². The fraction of sp³-hybridized carbons (Fsp3) is 0.143. The molecule has 20 heavy (non-hydrogen) atoms. The van der Waals surface area contributed by atoms with Crippen molar-refractivity contribution < 1.29 is 4.79 Å². The van der Waals surface area contributed by atoms with E-state index in [4.69, 9.17) is 11.6 Å². The number of rotatable bonds is 3. The monoisotopic (exact) mass is 353 g/mol. The molecule has 1 heterocycles. The van der Waals surface area contributed by atoms with E-state index in [9.17, 15) is 4.79 Å². The molecule has 0 atom stereocenters. The topological polar surface area (TPSA) is 54.0 Å². The Morgan fingerprint density at radius 2 is 2.05 bits per heavy atom. The smallest absolute Gasteiger partial charge is 0.255 e. The number of amides is 1. The van der Waals surface area contributed by atoms with Crippen molar-refractivity contribution in [1.29, 1.82) is 0 Å². The van der Waals surface area contributed by atoms with E-state index in [1.54, 1.807) is 13.1 Å². The molecule has 0 saturated carbocycles. The largest absolute Gasteiger partial charge is 0.373 e. The van der Waals surface area contributed by atoms with Crippen LogP contribution in [0.5, 0.6) is 0 Å². The van der Waals surface area contributed by atoms with Crippen LogP contribution in [0.4, 0.5) is 11.5 Å². The molecule has 0 radical (unpaired) electrons. The molecule has 0 spiro atoms. The summed E-state index contributed by atoms with van der Waals surface area (Å²) >= 11 is 9.30. The normalized spacial score (nSPS) is 10.2. The number of aryl methyl sites for hydroxylation is 1. The van der Waals surface area contributed by atoms with E-state index in [0.29, 0.717) is 17.1 Å². The van der Waals surface area contributed by atoms with E-state index in [-0.39, 0.29) is 11.1 Å². The van der Waals surface area contributed by atoms with Crippen LogP contribution in [0.25, 0.3) is 0 Å². The first kappa shape index (κ1) is 14.8. The van der Waals surface area contributed by atoms with Crippen molar-refractivity contribution in [1.82, 2.24) is 4.98 Å². The number of carbonyl (C=O) groups is 1.